The van der Waals surface area contributed by atoms with Gasteiger partial charge in [-0.05, 0) is 29.6 Å². The number of hydrogen-bond acceptors (Lipinski definition) is 2. The first kappa shape index (κ1) is 14.2. The van der Waals surface area contributed by atoms with E-state index in [0.717, 1.165) is 22.0 Å². The molecule has 2 aromatic rings. The molecule has 1 atom stereocenters. The van der Waals surface area contributed by atoms with Crippen LogP contribution in [0.3, 0.4) is 0 Å². The van der Waals surface area contributed by atoms with Crippen LogP contribution in [0.5, 0.6) is 0 Å². The van der Waals surface area contributed by atoms with Crippen LogP contribution in [-0.2, 0) is 0 Å². The third kappa shape index (κ3) is 2.84. The molecular weight excluding hydrogens is 309 g/mol. The number of halogens is 3. The van der Waals surface area contributed by atoms with Crippen molar-refractivity contribution in [2.75, 3.05) is 6.54 Å². The van der Waals surface area contributed by atoms with Gasteiger partial charge >= 0.3 is 0 Å². The van der Waals surface area contributed by atoms with Crippen molar-refractivity contribution in [1.82, 2.24) is 5.32 Å². The number of hydrogen-bond donors (Lipinski definition) is 1. The Hall–Kier alpha value is -0.250. The van der Waals surface area contributed by atoms with E-state index >= 15 is 0 Å². The Morgan fingerprint density at radius 1 is 1.17 bits per heavy atom. The third-order valence-corrected chi connectivity index (χ3v) is 4.86. The lowest BCUT2D eigenvalue weighted by atomic mass is 10.1. The van der Waals surface area contributed by atoms with Gasteiger partial charge in [-0.25, -0.2) is 0 Å². The molecule has 1 nitrogen and oxygen atoms in total. The minimum absolute atomic E-state index is 0.0197. The first-order valence-corrected chi connectivity index (χ1v) is 7.56. The summed E-state index contributed by atoms with van der Waals surface area (Å²) >= 11 is 20.2. The van der Waals surface area contributed by atoms with Gasteiger partial charge in [0.25, 0.3) is 0 Å². The van der Waals surface area contributed by atoms with E-state index in [-0.39, 0.29) is 6.04 Å². The highest BCUT2D eigenvalue weighted by atomic mass is 35.5. The van der Waals surface area contributed by atoms with E-state index in [4.69, 9.17) is 34.8 Å². The minimum atomic E-state index is -0.0197. The smallest absolute Gasteiger partial charge is 0.0701 e. The van der Waals surface area contributed by atoms with E-state index < -0.39 is 0 Å². The molecule has 0 bridgehead atoms. The quantitative estimate of drug-likeness (QED) is 0.794. The molecule has 1 heterocycles. The van der Waals surface area contributed by atoms with Crippen LogP contribution in [0.2, 0.25) is 15.1 Å². The zero-order chi connectivity index (χ0) is 13.1. The maximum Gasteiger partial charge on any atom is 0.0701 e. The summed E-state index contributed by atoms with van der Waals surface area (Å²) in [5, 5.41) is 7.26. The minimum Gasteiger partial charge on any atom is -0.306 e. The second-order valence-corrected chi connectivity index (χ2v) is 5.91. The normalized spacial score (nSPS) is 12.7. The maximum atomic E-state index is 6.28. The largest absolute Gasteiger partial charge is 0.306 e. The summed E-state index contributed by atoms with van der Waals surface area (Å²) in [6.07, 6.45) is 0. The molecule has 1 unspecified atom stereocenters. The van der Waals surface area contributed by atoms with E-state index in [9.17, 15) is 0 Å². The Kier molecular flexibility index (Phi) is 4.93. The van der Waals surface area contributed by atoms with E-state index in [1.165, 1.54) is 0 Å². The van der Waals surface area contributed by atoms with Crippen molar-refractivity contribution in [3.8, 4) is 0 Å². The molecule has 0 amide bonds. The van der Waals surface area contributed by atoms with Crippen LogP contribution in [0, 0.1) is 0 Å². The summed E-state index contributed by atoms with van der Waals surface area (Å²) in [5.41, 5.74) is 0.954. The Bertz CT molecular complexity index is 539. The SMILES string of the molecule is CCNC(c1cccc(Cl)c1Cl)c1sccc1Cl. The molecule has 1 aromatic heterocycles. The fourth-order valence-electron chi connectivity index (χ4n) is 1.80. The van der Waals surface area contributed by atoms with Crippen molar-refractivity contribution in [2.45, 2.75) is 13.0 Å². The highest BCUT2D eigenvalue weighted by molar-refractivity contribution is 7.10. The van der Waals surface area contributed by atoms with Gasteiger partial charge in [0, 0.05) is 4.88 Å². The lowest BCUT2D eigenvalue weighted by Crippen LogP contribution is -2.21. The van der Waals surface area contributed by atoms with Gasteiger partial charge in [-0.3, -0.25) is 0 Å². The highest BCUT2D eigenvalue weighted by Crippen LogP contribution is 2.37. The summed E-state index contributed by atoms with van der Waals surface area (Å²) < 4.78 is 0. The summed E-state index contributed by atoms with van der Waals surface area (Å²) in [6.45, 7) is 2.87. The van der Waals surface area contributed by atoms with Crippen molar-refractivity contribution < 1.29 is 0 Å². The summed E-state index contributed by atoms with van der Waals surface area (Å²) in [6, 6.07) is 7.53. The Balaban J connectivity index is 2.48. The molecule has 0 aliphatic rings. The van der Waals surface area contributed by atoms with E-state index in [1.54, 1.807) is 17.4 Å². The van der Waals surface area contributed by atoms with Gasteiger partial charge in [0.1, 0.15) is 0 Å². The van der Waals surface area contributed by atoms with Crippen molar-refractivity contribution in [2.24, 2.45) is 0 Å². The van der Waals surface area contributed by atoms with Gasteiger partial charge in [0.05, 0.1) is 21.1 Å². The lowest BCUT2D eigenvalue weighted by Gasteiger charge is -2.19. The second kappa shape index (κ2) is 6.27. The van der Waals surface area contributed by atoms with Crippen molar-refractivity contribution in [3.63, 3.8) is 0 Å². The fraction of sp³-hybridized carbons (Fsp3) is 0.231. The number of rotatable bonds is 4. The second-order valence-electron chi connectivity index (χ2n) is 3.77. The molecule has 5 heteroatoms. The third-order valence-electron chi connectivity index (χ3n) is 2.61. The number of benzene rings is 1. The first-order chi connectivity index (χ1) is 8.65. The van der Waals surface area contributed by atoms with Crippen LogP contribution < -0.4 is 5.32 Å². The van der Waals surface area contributed by atoms with Gasteiger partial charge < -0.3 is 5.32 Å². The predicted octanol–water partition coefficient (Wildman–Crippen LogP) is 5.41. The molecule has 0 saturated carbocycles. The molecule has 18 heavy (non-hydrogen) atoms. The zero-order valence-electron chi connectivity index (χ0n) is 9.71. The predicted molar refractivity (Wildman–Crippen MR) is 81.3 cm³/mol. The van der Waals surface area contributed by atoms with Crippen molar-refractivity contribution in [1.29, 1.82) is 0 Å². The van der Waals surface area contributed by atoms with Crippen LogP contribution in [0.25, 0.3) is 0 Å². The Labute approximate surface area is 126 Å². The molecule has 1 aromatic carbocycles. The van der Waals surface area contributed by atoms with E-state index in [2.05, 4.69) is 5.32 Å². The van der Waals surface area contributed by atoms with Gasteiger partial charge in [0.15, 0.2) is 0 Å². The summed E-state index contributed by atoms with van der Waals surface area (Å²) in [5.74, 6) is 0. The standard InChI is InChI=1S/C13H12Cl3NS/c1-2-17-12(13-10(15)6-7-18-13)8-4-3-5-9(14)11(8)16/h3-7,12,17H,2H2,1H3. The van der Waals surface area contributed by atoms with E-state index in [0.29, 0.717) is 10.0 Å². The number of nitrogens with one attached hydrogen (secondary N) is 1. The summed E-state index contributed by atoms with van der Waals surface area (Å²) in [4.78, 5) is 1.06. The summed E-state index contributed by atoms with van der Waals surface area (Å²) in [7, 11) is 0. The van der Waals surface area contributed by atoms with Crippen LogP contribution in [0.1, 0.15) is 23.4 Å². The molecule has 0 aliphatic carbocycles. The van der Waals surface area contributed by atoms with Crippen LogP contribution in [0.4, 0.5) is 0 Å². The molecule has 0 spiro atoms. The van der Waals surface area contributed by atoms with Crippen LogP contribution in [0.15, 0.2) is 29.6 Å². The van der Waals surface area contributed by atoms with Gasteiger partial charge in [-0.2, -0.15) is 0 Å². The monoisotopic (exact) mass is 319 g/mol. The molecule has 1 N–H and O–H groups in total. The van der Waals surface area contributed by atoms with Crippen molar-refractivity contribution >= 4 is 46.1 Å². The van der Waals surface area contributed by atoms with Crippen LogP contribution in [-0.4, -0.2) is 6.54 Å². The first-order valence-electron chi connectivity index (χ1n) is 5.55. The van der Waals surface area contributed by atoms with E-state index in [1.807, 2.05) is 30.5 Å². The average molecular weight is 321 g/mol. The molecule has 0 fully saturated rings. The molecule has 0 saturated heterocycles. The van der Waals surface area contributed by atoms with Gasteiger partial charge in [-0.1, -0.05) is 53.9 Å². The molecule has 2 rings (SSSR count). The Morgan fingerprint density at radius 3 is 2.56 bits per heavy atom. The fourth-order valence-corrected chi connectivity index (χ4v) is 3.48. The molecular formula is C13H12Cl3NS. The number of thiophene rings is 1. The average Bonchev–Trinajstić information content (AvgIpc) is 2.76. The maximum absolute atomic E-state index is 6.28. The highest BCUT2D eigenvalue weighted by Gasteiger charge is 2.20. The molecule has 96 valence electrons. The Morgan fingerprint density at radius 2 is 1.94 bits per heavy atom. The molecule has 0 aliphatic heterocycles. The molecule has 0 radical (unpaired) electrons. The van der Waals surface area contributed by atoms with Gasteiger partial charge in [-0.15, -0.1) is 11.3 Å². The zero-order valence-corrected chi connectivity index (χ0v) is 12.8. The lowest BCUT2D eigenvalue weighted by molar-refractivity contribution is 0.640. The van der Waals surface area contributed by atoms with Crippen molar-refractivity contribution in [3.05, 3.63) is 55.2 Å². The topological polar surface area (TPSA) is 12.0 Å². The van der Waals surface area contributed by atoms with Gasteiger partial charge in [0.2, 0.25) is 0 Å². The van der Waals surface area contributed by atoms with Crippen LogP contribution >= 0.6 is 46.1 Å².